The summed E-state index contributed by atoms with van der Waals surface area (Å²) in [5.41, 5.74) is 2.26. The number of nitrogens with zero attached hydrogens (tertiary/aromatic N) is 3. The van der Waals surface area contributed by atoms with Crippen molar-refractivity contribution in [3.63, 3.8) is 0 Å². The largest absolute Gasteiger partial charge is 0.304 e. The second-order valence-corrected chi connectivity index (χ2v) is 4.42. The minimum Gasteiger partial charge on any atom is -0.304 e. The third-order valence-electron chi connectivity index (χ3n) is 2.40. The van der Waals surface area contributed by atoms with Crippen LogP contribution >= 0.6 is 23.2 Å². The molecule has 0 amide bonds. The van der Waals surface area contributed by atoms with Gasteiger partial charge in [-0.1, -0.05) is 29.3 Å². The maximum absolute atomic E-state index is 6.07. The van der Waals surface area contributed by atoms with Gasteiger partial charge in [-0.15, -0.1) is 0 Å². The third-order valence-corrected chi connectivity index (χ3v) is 2.89. The summed E-state index contributed by atoms with van der Waals surface area (Å²) in [6, 6.07) is 7.36. The van der Waals surface area contributed by atoms with Crippen molar-refractivity contribution >= 4 is 28.8 Å². The molecule has 0 unspecified atom stereocenters. The molecule has 0 fully saturated rings. The second kappa shape index (κ2) is 4.02. The monoisotopic (exact) mass is 263 g/mol. The highest BCUT2D eigenvalue weighted by Crippen LogP contribution is 2.24. The zero-order valence-electron chi connectivity index (χ0n) is 8.64. The number of halogens is 2. The number of hydrogen-bond acceptors (Lipinski definition) is 2. The van der Waals surface area contributed by atoms with Gasteiger partial charge in [0.05, 0.1) is 15.7 Å². The summed E-state index contributed by atoms with van der Waals surface area (Å²) in [6.45, 7) is 0. The van der Waals surface area contributed by atoms with Gasteiger partial charge >= 0.3 is 0 Å². The molecule has 3 rings (SSSR count). The topological polar surface area (TPSA) is 30.2 Å². The second-order valence-electron chi connectivity index (χ2n) is 3.58. The molecule has 0 aromatic carbocycles. The Hall–Kier alpha value is -1.58. The van der Waals surface area contributed by atoms with Crippen molar-refractivity contribution in [3.05, 3.63) is 52.9 Å². The summed E-state index contributed by atoms with van der Waals surface area (Å²) in [5, 5.41) is 1.10. The van der Waals surface area contributed by atoms with Crippen LogP contribution in [0, 0.1) is 0 Å². The Balaban J connectivity index is 2.24. The van der Waals surface area contributed by atoms with Crippen molar-refractivity contribution in [2.75, 3.05) is 0 Å². The van der Waals surface area contributed by atoms with Gasteiger partial charge in [-0.2, -0.15) is 0 Å². The summed E-state index contributed by atoms with van der Waals surface area (Å²) in [6.07, 6.45) is 5.35. The molecule has 0 spiro atoms. The molecule has 0 aliphatic heterocycles. The molecule has 17 heavy (non-hydrogen) atoms. The predicted octanol–water partition coefficient (Wildman–Crippen LogP) is 3.70. The lowest BCUT2D eigenvalue weighted by Gasteiger charge is -1.95. The lowest BCUT2D eigenvalue weighted by Crippen LogP contribution is -1.82. The van der Waals surface area contributed by atoms with E-state index >= 15 is 0 Å². The fraction of sp³-hybridized carbons (Fsp3) is 0. The first-order valence-corrected chi connectivity index (χ1v) is 5.75. The van der Waals surface area contributed by atoms with E-state index in [1.54, 1.807) is 22.9 Å². The van der Waals surface area contributed by atoms with Crippen molar-refractivity contribution in [1.82, 2.24) is 14.4 Å². The van der Waals surface area contributed by atoms with Gasteiger partial charge in [-0.05, 0) is 18.2 Å². The molecule has 3 nitrogen and oxygen atoms in total. The zero-order chi connectivity index (χ0) is 11.8. The molecule has 0 bridgehead atoms. The van der Waals surface area contributed by atoms with E-state index in [2.05, 4.69) is 9.97 Å². The molecule has 3 heterocycles. The van der Waals surface area contributed by atoms with E-state index in [4.69, 9.17) is 23.2 Å². The van der Waals surface area contributed by atoms with Crippen molar-refractivity contribution in [2.24, 2.45) is 0 Å². The molecule has 0 saturated carbocycles. The lowest BCUT2D eigenvalue weighted by molar-refractivity contribution is 1.19. The standard InChI is InChI=1S/C12H7Cl2N3/c13-8-5-9(14)12-16-11(7-17(12)6-8)10-3-1-2-4-15-10/h1-7H. The van der Waals surface area contributed by atoms with E-state index in [1.165, 1.54) is 0 Å². The van der Waals surface area contributed by atoms with E-state index in [1.807, 2.05) is 24.4 Å². The van der Waals surface area contributed by atoms with E-state index in [0.29, 0.717) is 15.7 Å². The van der Waals surface area contributed by atoms with Crippen molar-refractivity contribution in [3.8, 4) is 11.4 Å². The number of rotatable bonds is 1. The van der Waals surface area contributed by atoms with Crippen LogP contribution in [0.1, 0.15) is 0 Å². The maximum atomic E-state index is 6.07. The number of fused-ring (bicyclic) bond motifs is 1. The van der Waals surface area contributed by atoms with Gasteiger partial charge in [0, 0.05) is 18.6 Å². The quantitative estimate of drug-likeness (QED) is 0.670. The fourth-order valence-electron chi connectivity index (χ4n) is 1.66. The summed E-state index contributed by atoms with van der Waals surface area (Å²) >= 11 is 12.0. The molecule has 0 aliphatic carbocycles. The summed E-state index contributed by atoms with van der Waals surface area (Å²) in [7, 11) is 0. The Bertz CT molecular complexity index is 677. The first kappa shape index (κ1) is 10.6. The molecule has 0 radical (unpaired) electrons. The molecule has 0 N–H and O–H groups in total. The zero-order valence-corrected chi connectivity index (χ0v) is 10.2. The molecular formula is C12H7Cl2N3. The number of pyridine rings is 2. The molecule has 0 aliphatic rings. The highest BCUT2D eigenvalue weighted by Gasteiger charge is 2.08. The van der Waals surface area contributed by atoms with Crippen LogP contribution in [0.5, 0.6) is 0 Å². The average Bonchev–Trinajstić information content (AvgIpc) is 2.74. The molecule has 0 atom stereocenters. The average molecular weight is 264 g/mol. The summed E-state index contributed by atoms with van der Waals surface area (Å²) in [5.74, 6) is 0. The van der Waals surface area contributed by atoms with Crippen LogP contribution < -0.4 is 0 Å². The first-order valence-electron chi connectivity index (χ1n) is 4.99. The molecule has 3 aromatic rings. The molecular weight excluding hydrogens is 257 g/mol. The Labute approximate surface area is 108 Å². The van der Waals surface area contributed by atoms with E-state index in [9.17, 15) is 0 Å². The van der Waals surface area contributed by atoms with E-state index in [-0.39, 0.29) is 0 Å². The van der Waals surface area contributed by atoms with Gasteiger partial charge in [0.25, 0.3) is 0 Å². The van der Waals surface area contributed by atoms with Crippen LogP contribution in [-0.4, -0.2) is 14.4 Å². The fourth-order valence-corrected chi connectivity index (χ4v) is 2.19. The molecule has 0 saturated heterocycles. The third kappa shape index (κ3) is 1.88. The predicted molar refractivity (Wildman–Crippen MR) is 68.4 cm³/mol. The number of aromatic nitrogens is 3. The lowest BCUT2D eigenvalue weighted by atomic mass is 10.3. The minimum atomic E-state index is 0.527. The highest BCUT2D eigenvalue weighted by atomic mass is 35.5. The molecule has 3 aromatic heterocycles. The SMILES string of the molecule is Clc1cc(Cl)c2nc(-c3ccccn3)cn2c1. The number of hydrogen-bond donors (Lipinski definition) is 0. The van der Waals surface area contributed by atoms with Crippen LogP contribution in [0.2, 0.25) is 10.0 Å². The van der Waals surface area contributed by atoms with Crippen LogP contribution in [0.3, 0.4) is 0 Å². The van der Waals surface area contributed by atoms with Gasteiger partial charge in [0.15, 0.2) is 5.65 Å². The number of imidazole rings is 1. The van der Waals surface area contributed by atoms with Gasteiger partial charge in [-0.25, -0.2) is 4.98 Å². The van der Waals surface area contributed by atoms with E-state index in [0.717, 1.165) is 11.4 Å². The van der Waals surface area contributed by atoms with Crippen LogP contribution in [-0.2, 0) is 0 Å². The highest BCUT2D eigenvalue weighted by molar-refractivity contribution is 6.36. The van der Waals surface area contributed by atoms with Crippen molar-refractivity contribution in [2.45, 2.75) is 0 Å². The maximum Gasteiger partial charge on any atom is 0.156 e. The van der Waals surface area contributed by atoms with Crippen LogP contribution in [0.25, 0.3) is 17.0 Å². The smallest absolute Gasteiger partial charge is 0.156 e. The van der Waals surface area contributed by atoms with Gasteiger partial charge in [0.2, 0.25) is 0 Å². The Morgan fingerprint density at radius 3 is 2.71 bits per heavy atom. The van der Waals surface area contributed by atoms with Gasteiger partial charge in [-0.3, -0.25) is 4.98 Å². The first-order chi connectivity index (χ1) is 8.24. The Morgan fingerprint density at radius 1 is 1.06 bits per heavy atom. The van der Waals surface area contributed by atoms with Crippen LogP contribution in [0.4, 0.5) is 0 Å². The summed E-state index contributed by atoms with van der Waals surface area (Å²) < 4.78 is 1.80. The van der Waals surface area contributed by atoms with Gasteiger partial charge < -0.3 is 4.40 Å². The minimum absolute atomic E-state index is 0.527. The summed E-state index contributed by atoms with van der Waals surface area (Å²) in [4.78, 5) is 8.68. The normalized spacial score (nSPS) is 10.9. The van der Waals surface area contributed by atoms with E-state index < -0.39 is 0 Å². The van der Waals surface area contributed by atoms with Crippen molar-refractivity contribution < 1.29 is 0 Å². The Kier molecular flexibility index (Phi) is 2.50. The molecule has 5 heteroatoms. The van der Waals surface area contributed by atoms with Crippen LogP contribution in [0.15, 0.2) is 42.9 Å². The Morgan fingerprint density at radius 2 is 1.94 bits per heavy atom. The van der Waals surface area contributed by atoms with Gasteiger partial charge in [0.1, 0.15) is 5.69 Å². The molecule has 84 valence electrons. The van der Waals surface area contributed by atoms with Crippen molar-refractivity contribution in [1.29, 1.82) is 0 Å².